The molecule has 0 unspecified atom stereocenters. The van der Waals surface area contributed by atoms with Gasteiger partial charge in [0.15, 0.2) is 0 Å². The van der Waals surface area contributed by atoms with Crippen molar-refractivity contribution < 1.29 is 4.79 Å². The minimum absolute atomic E-state index is 0. The van der Waals surface area contributed by atoms with Gasteiger partial charge >= 0.3 is 0 Å². The normalized spacial score (nSPS) is 11.0. The zero-order chi connectivity index (χ0) is 17.0. The predicted octanol–water partition coefficient (Wildman–Crippen LogP) is 4.06. The number of carbonyl (C=O) groups is 1. The SMILES string of the molecule is C.CCc1nc(-c2cccnc2)cn1N(CC)C(=O)C(C)(C)CC. The Morgan fingerprint density at radius 1 is 1.29 bits per heavy atom. The zero-order valence-corrected chi connectivity index (χ0v) is 14.7. The molecule has 2 heterocycles. The molecular weight excluding hydrogens is 300 g/mol. The van der Waals surface area contributed by atoms with Crippen molar-refractivity contribution in [3.63, 3.8) is 0 Å². The van der Waals surface area contributed by atoms with E-state index in [9.17, 15) is 4.79 Å². The summed E-state index contributed by atoms with van der Waals surface area (Å²) in [5.41, 5.74) is 1.41. The highest BCUT2D eigenvalue weighted by molar-refractivity contribution is 5.90. The Labute approximate surface area is 145 Å². The first-order valence-electron chi connectivity index (χ1n) is 8.25. The van der Waals surface area contributed by atoms with Crippen LogP contribution < -0.4 is 5.01 Å². The number of aromatic nitrogens is 3. The van der Waals surface area contributed by atoms with Gasteiger partial charge in [-0.05, 0) is 25.5 Å². The Morgan fingerprint density at radius 3 is 2.50 bits per heavy atom. The number of pyridine rings is 1. The monoisotopic (exact) mass is 330 g/mol. The molecule has 2 rings (SSSR count). The van der Waals surface area contributed by atoms with Gasteiger partial charge in [0.25, 0.3) is 0 Å². The number of rotatable bonds is 6. The minimum atomic E-state index is -0.389. The highest BCUT2D eigenvalue weighted by Gasteiger charge is 2.31. The largest absolute Gasteiger partial charge is 0.272 e. The summed E-state index contributed by atoms with van der Waals surface area (Å²) in [6.45, 7) is 10.7. The Morgan fingerprint density at radius 2 is 2.00 bits per heavy atom. The fraction of sp³-hybridized carbons (Fsp3) is 0.526. The van der Waals surface area contributed by atoms with Gasteiger partial charge < -0.3 is 0 Å². The standard InChI is InChI=1S/C18H26N4O.CH4/c1-6-16-20-15(14-10-9-11-19-12-14)13-22(16)21(8-3)17(23)18(4,5)7-2;/h9-13H,6-8H2,1-5H3;1H4. The predicted molar refractivity (Wildman–Crippen MR) is 99.4 cm³/mol. The van der Waals surface area contributed by atoms with Crippen LogP contribution in [0.25, 0.3) is 11.3 Å². The molecule has 1 amide bonds. The van der Waals surface area contributed by atoms with Gasteiger partial charge in [-0.1, -0.05) is 35.1 Å². The van der Waals surface area contributed by atoms with Gasteiger partial charge in [0.1, 0.15) is 5.82 Å². The molecule has 0 aliphatic rings. The molecule has 0 saturated heterocycles. The summed E-state index contributed by atoms with van der Waals surface area (Å²) in [5.74, 6) is 0.998. The van der Waals surface area contributed by atoms with E-state index < -0.39 is 0 Å². The molecule has 2 aromatic rings. The van der Waals surface area contributed by atoms with E-state index in [0.717, 1.165) is 29.9 Å². The molecule has 0 aliphatic heterocycles. The summed E-state index contributed by atoms with van der Waals surface area (Å²) in [4.78, 5) is 21.7. The lowest BCUT2D eigenvalue weighted by Crippen LogP contribution is -2.47. The lowest BCUT2D eigenvalue weighted by molar-refractivity contribution is -0.128. The first-order valence-corrected chi connectivity index (χ1v) is 8.25. The van der Waals surface area contributed by atoms with Crippen LogP contribution in [0.4, 0.5) is 0 Å². The van der Waals surface area contributed by atoms with Crippen molar-refractivity contribution in [2.75, 3.05) is 11.6 Å². The minimum Gasteiger partial charge on any atom is -0.272 e. The summed E-state index contributed by atoms with van der Waals surface area (Å²) in [6, 6.07) is 3.87. The van der Waals surface area contributed by atoms with E-state index in [1.165, 1.54) is 0 Å². The van der Waals surface area contributed by atoms with E-state index in [-0.39, 0.29) is 18.7 Å². The van der Waals surface area contributed by atoms with Gasteiger partial charge in [-0.25, -0.2) is 14.7 Å². The number of aryl methyl sites for hydroxylation is 1. The number of hydrogen-bond acceptors (Lipinski definition) is 3. The second-order valence-corrected chi connectivity index (χ2v) is 6.24. The molecule has 2 aromatic heterocycles. The second-order valence-electron chi connectivity index (χ2n) is 6.24. The van der Waals surface area contributed by atoms with Crippen molar-refractivity contribution in [3.8, 4) is 11.3 Å². The molecule has 132 valence electrons. The van der Waals surface area contributed by atoms with E-state index in [2.05, 4.69) is 16.9 Å². The Kier molecular flexibility index (Phi) is 6.70. The van der Waals surface area contributed by atoms with Crippen molar-refractivity contribution in [2.24, 2.45) is 5.41 Å². The fourth-order valence-corrected chi connectivity index (χ4v) is 2.41. The summed E-state index contributed by atoms with van der Waals surface area (Å²) >= 11 is 0. The Bertz CT molecular complexity index is 661. The van der Waals surface area contributed by atoms with Crippen molar-refractivity contribution in [1.82, 2.24) is 14.6 Å². The van der Waals surface area contributed by atoms with Crippen molar-refractivity contribution >= 4 is 5.91 Å². The van der Waals surface area contributed by atoms with Crippen LogP contribution >= 0.6 is 0 Å². The molecule has 24 heavy (non-hydrogen) atoms. The van der Waals surface area contributed by atoms with Crippen molar-refractivity contribution in [2.45, 2.75) is 54.9 Å². The average molecular weight is 330 g/mol. The van der Waals surface area contributed by atoms with Crippen LogP contribution in [0.15, 0.2) is 30.7 Å². The van der Waals surface area contributed by atoms with Crippen LogP contribution in [-0.4, -0.2) is 27.1 Å². The lowest BCUT2D eigenvalue weighted by atomic mass is 9.89. The van der Waals surface area contributed by atoms with E-state index in [4.69, 9.17) is 0 Å². The summed E-state index contributed by atoms with van der Waals surface area (Å²) in [6.07, 6.45) is 7.03. The smallest absolute Gasteiger partial charge is 0.247 e. The topological polar surface area (TPSA) is 51.0 Å². The van der Waals surface area contributed by atoms with E-state index in [1.807, 2.05) is 50.7 Å². The maximum Gasteiger partial charge on any atom is 0.247 e. The van der Waals surface area contributed by atoms with Gasteiger partial charge in [0, 0.05) is 36.3 Å². The van der Waals surface area contributed by atoms with Crippen LogP contribution in [0.2, 0.25) is 0 Å². The average Bonchev–Trinajstić information content (AvgIpc) is 3.00. The van der Waals surface area contributed by atoms with E-state index in [1.54, 1.807) is 17.4 Å². The number of nitrogens with zero attached hydrogens (tertiary/aromatic N) is 4. The number of carbonyl (C=O) groups excluding carboxylic acids is 1. The van der Waals surface area contributed by atoms with Crippen LogP contribution in [0.3, 0.4) is 0 Å². The summed E-state index contributed by atoms with van der Waals surface area (Å²) < 4.78 is 1.90. The van der Waals surface area contributed by atoms with Crippen LogP contribution in [-0.2, 0) is 11.2 Å². The van der Waals surface area contributed by atoms with Crippen molar-refractivity contribution in [3.05, 3.63) is 36.5 Å². The number of imidazole rings is 1. The summed E-state index contributed by atoms with van der Waals surface area (Å²) in [5, 5.41) is 1.79. The lowest BCUT2D eigenvalue weighted by Gasteiger charge is -2.31. The molecule has 0 fully saturated rings. The molecule has 0 spiro atoms. The molecule has 0 aliphatic carbocycles. The van der Waals surface area contributed by atoms with Gasteiger partial charge in [-0.3, -0.25) is 9.78 Å². The van der Waals surface area contributed by atoms with Crippen molar-refractivity contribution in [1.29, 1.82) is 0 Å². The molecule has 0 radical (unpaired) electrons. The first-order chi connectivity index (χ1) is 10.9. The third-order valence-corrected chi connectivity index (χ3v) is 4.29. The fourth-order valence-electron chi connectivity index (χ4n) is 2.41. The Hall–Kier alpha value is -2.17. The van der Waals surface area contributed by atoms with Gasteiger partial charge in [-0.2, -0.15) is 0 Å². The van der Waals surface area contributed by atoms with E-state index >= 15 is 0 Å². The summed E-state index contributed by atoms with van der Waals surface area (Å²) in [7, 11) is 0. The number of amides is 1. The quantitative estimate of drug-likeness (QED) is 0.802. The maximum atomic E-state index is 12.9. The molecule has 5 nitrogen and oxygen atoms in total. The van der Waals surface area contributed by atoms with Gasteiger partial charge in [0.2, 0.25) is 5.91 Å². The second kappa shape index (κ2) is 8.08. The first kappa shape index (κ1) is 19.9. The molecule has 0 aromatic carbocycles. The van der Waals surface area contributed by atoms with Crippen LogP contribution in [0.1, 0.15) is 54.3 Å². The third-order valence-electron chi connectivity index (χ3n) is 4.29. The molecule has 0 bridgehead atoms. The number of hydrogen-bond donors (Lipinski definition) is 0. The molecule has 0 saturated carbocycles. The highest BCUT2D eigenvalue weighted by atomic mass is 16.2. The highest BCUT2D eigenvalue weighted by Crippen LogP contribution is 2.24. The van der Waals surface area contributed by atoms with Crippen LogP contribution in [0.5, 0.6) is 0 Å². The van der Waals surface area contributed by atoms with Gasteiger partial charge in [-0.15, -0.1) is 0 Å². The Balaban J connectivity index is 0.00000288. The van der Waals surface area contributed by atoms with Gasteiger partial charge in [0.05, 0.1) is 11.9 Å². The van der Waals surface area contributed by atoms with E-state index in [0.29, 0.717) is 6.54 Å². The molecular formula is C19H30N4O. The molecule has 5 heteroatoms. The maximum absolute atomic E-state index is 12.9. The van der Waals surface area contributed by atoms with Crippen LogP contribution in [0, 0.1) is 5.41 Å². The molecule has 0 atom stereocenters. The third kappa shape index (κ3) is 3.83. The molecule has 0 N–H and O–H groups in total. The zero-order valence-electron chi connectivity index (χ0n) is 14.7.